The average Bonchev–Trinajstić information content (AvgIpc) is 3.37. The van der Waals surface area contributed by atoms with Crippen LogP contribution < -0.4 is 10.6 Å². The lowest BCUT2D eigenvalue weighted by atomic mass is 9.93. The first-order valence-electron chi connectivity index (χ1n) is 10.2. The molecule has 2 N–H and O–H groups in total. The summed E-state index contributed by atoms with van der Waals surface area (Å²) in [6, 6.07) is 2.10. The molecule has 1 aliphatic carbocycles. The summed E-state index contributed by atoms with van der Waals surface area (Å²) in [5.74, 6) is 0.957. The number of fused-ring (bicyclic) bond motifs is 2. The number of hydrogen-bond acceptors (Lipinski definition) is 6. The molecule has 10 heteroatoms. The van der Waals surface area contributed by atoms with E-state index < -0.39 is 10.2 Å². The Kier molecular flexibility index (Phi) is 4.49. The van der Waals surface area contributed by atoms with Crippen molar-refractivity contribution in [1.29, 1.82) is 0 Å². The molecule has 2 unspecified atom stereocenters. The number of rotatable bonds is 5. The Balaban J connectivity index is 1.18. The normalized spacial score (nSPS) is 34.0. The smallest absolute Gasteiger partial charge is 0.282 e. The number of carbonyl (C=O) groups is 1. The lowest BCUT2D eigenvalue weighted by molar-refractivity contribution is 0.0898. The highest BCUT2D eigenvalue weighted by atomic mass is 32.2. The van der Waals surface area contributed by atoms with Crippen molar-refractivity contribution in [2.75, 3.05) is 19.6 Å². The predicted octanol–water partition coefficient (Wildman–Crippen LogP) is 0.426. The summed E-state index contributed by atoms with van der Waals surface area (Å²) in [5.41, 5.74) is 0.310. The third kappa shape index (κ3) is 3.36. The highest BCUT2D eigenvalue weighted by Crippen LogP contribution is 2.40. The van der Waals surface area contributed by atoms with Crippen LogP contribution in [0, 0.1) is 0 Å². The van der Waals surface area contributed by atoms with Crippen molar-refractivity contribution in [2.24, 2.45) is 0 Å². The minimum absolute atomic E-state index is 0.0635. The molecule has 0 spiro atoms. The van der Waals surface area contributed by atoms with Crippen LogP contribution in [0.3, 0.4) is 0 Å². The van der Waals surface area contributed by atoms with Gasteiger partial charge in [0.1, 0.15) is 5.76 Å². The molecule has 0 radical (unpaired) electrons. The Morgan fingerprint density at radius 3 is 2.61 bits per heavy atom. The molecule has 154 valence electrons. The fraction of sp³-hybridized carbons (Fsp3) is 0.778. The van der Waals surface area contributed by atoms with E-state index in [9.17, 15) is 13.2 Å². The third-order valence-electron chi connectivity index (χ3n) is 6.40. The Hall–Kier alpha value is -1.49. The van der Waals surface area contributed by atoms with Crippen molar-refractivity contribution < 1.29 is 17.7 Å². The van der Waals surface area contributed by atoms with Gasteiger partial charge in [-0.25, -0.2) is 0 Å². The maximum atomic E-state index is 13.1. The number of piperidine rings is 2. The average molecular weight is 410 g/mol. The van der Waals surface area contributed by atoms with Crippen molar-refractivity contribution in [1.82, 2.24) is 24.4 Å². The summed E-state index contributed by atoms with van der Waals surface area (Å²) in [5, 5.41) is 10.2. The maximum absolute atomic E-state index is 13.1. The van der Waals surface area contributed by atoms with Crippen LogP contribution in [0.1, 0.15) is 61.2 Å². The molecule has 5 heterocycles. The van der Waals surface area contributed by atoms with Crippen LogP contribution in [0.5, 0.6) is 0 Å². The van der Waals surface area contributed by atoms with E-state index in [2.05, 4.69) is 15.8 Å². The van der Waals surface area contributed by atoms with Crippen LogP contribution in [-0.2, 0) is 10.2 Å². The van der Waals surface area contributed by atoms with E-state index in [4.69, 9.17) is 4.52 Å². The Labute approximate surface area is 165 Å². The summed E-state index contributed by atoms with van der Waals surface area (Å²) in [6.45, 7) is 3.44. The summed E-state index contributed by atoms with van der Waals surface area (Å²) in [7, 11) is -3.45. The van der Waals surface area contributed by atoms with Gasteiger partial charge in [0, 0.05) is 55.8 Å². The molecule has 28 heavy (non-hydrogen) atoms. The highest BCUT2D eigenvalue weighted by Gasteiger charge is 2.45. The molecule has 1 aromatic rings. The van der Waals surface area contributed by atoms with E-state index in [-0.39, 0.29) is 18.0 Å². The number of carbonyl (C=O) groups excluding carboxylic acids is 1. The monoisotopic (exact) mass is 409 g/mol. The molecule has 0 aromatic carbocycles. The van der Waals surface area contributed by atoms with Crippen molar-refractivity contribution >= 4 is 16.1 Å². The molecule has 1 saturated carbocycles. The first-order chi connectivity index (χ1) is 13.4. The van der Waals surface area contributed by atoms with E-state index in [1.807, 2.05) is 6.92 Å². The molecule has 5 fully saturated rings. The topological polar surface area (TPSA) is 108 Å². The standard InChI is InChI=1S/C18H27N5O4S/c1-11-6-13(20-18(24)16-8-17(27-21-16)12-2-3-12)4-5-23(11)28(25,26)22-9-14-7-15(10-22)19-14/h8,11-15,19H,2-7,9-10H2,1H3,(H,20,24)/t11-,13-,14?,15?/m0/s1. The minimum Gasteiger partial charge on any atom is -0.360 e. The zero-order valence-electron chi connectivity index (χ0n) is 16.0. The molecule has 6 rings (SSSR count). The molecule has 9 nitrogen and oxygen atoms in total. The SMILES string of the molecule is C[C@H]1C[C@@H](NC(=O)c2cc(C3CC3)on2)CCN1S(=O)(=O)N1CC2CC(C1)N2. The number of amides is 1. The van der Waals surface area contributed by atoms with E-state index in [0.29, 0.717) is 56.2 Å². The number of hydrogen-bond donors (Lipinski definition) is 2. The molecule has 4 atom stereocenters. The van der Waals surface area contributed by atoms with Gasteiger partial charge >= 0.3 is 0 Å². The molecule has 2 bridgehead atoms. The molecule has 5 aliphatic rings. The number of nitrogens with one attached hydrogen (secondary N) is 2. The van der Waals surface area contributed by atoms with Crippen LogP contribution in [0.25, 0.3) is 0 Å². The predicted molar refractivity (Wildman–Crippen MR) is 101 cm³/mol. The summed E-state index contributed by atoms with van der Waals surface area (Å²) < 4.78 is 34.6. The van der Waals surface area contributed by atoms with Crippen LogP contribution in [0.4, 0.5) is 0 Å². The van der Waals surface area contributed by atoms with Gasteiger partial charge in [-0.2, -0.15) is 17.0 Å². The second-order valence-electron chi connectivity index (χ2n) is 8.66. The van der Waals surface area contributed by atoms with Gasteiger partial charge in [0.15, 0.2) is 5.69 Å². The maximum Gasteiger partial charge on any atom is 0.282 e. The van der Waals surface area contributed by atoms with Gasteiger partial charge < -0.3 is 15.2 Å². The fourth-order valence-corrected chi connectivity index (χ4v) is 6.56. The fourth-order valence-electron chi connectivity index (χ4n) is 4.65. The van der Waals surface area contributed by atoms with E-state index in [1.165, 1.54) is 0 Å². The largest absolute Gasteiger partial charge is 0.360 e. The van der Waals surface area contributed by atoms with Crippen molar-refractivity contribution in [2.45, 2.75) is 69.1 Å². The quantitative estimate of drug-likeness (QED) is 0.730. The minimum atomic E-state index is -3.45. The number of aromatic nitrogens is 1. The van der Waals surface area contributed by atoms with E-state index in [0.717, 1.165) is 25.0 Å². The second-order valence-corrected chi connectivity index (χ2v) is 10.5. The number of piperazine rings is 1. The zero-order valence-corrected chi connectivity index (χ0v) is 16.8. The Morgan fingerprint density at radius 1 is 1.25 bits per heavy atom. The van der Waals surface area contributed by atoms with Gasteiger partial charge in [-0.15, -0.1) is 0 Å². The van der Waals surface area contributed by atoms with Crippen LogP contribution in [0.2, 0.25) is 0 Å². The van der Waals surface area contributed by atoms with Crippen LogP contribution >= 0.6 is 0 Å². The summed E-state index contributed by atoms with van der Waals surface area (Å²) in [4.78, 5) is 12.5. The molecule has 1 aromatic heterocycles. The molecule has 1 amide bonds. The van der Waals surface area contributed by atoms with Crippen LogP contribution in [-0.4, -0.2) is 71.9 Å². The highest BCUT2D eigenvalue weighted by molar-refractivity contribution is 7.86. The van der Waals surface area contributed by atoms with Crippen molar-refractivity contribution in [3.8, 4) is 0 Å². The van der Waals surface area contributed by atoms with Gasteiger partial charge in [-0.3, -0.25) is 4.79 Å². The van der Waals surface area contributed by atoms with Crippen molar-refractivity contribution in [3.63, 3.8) is 0 Å². The Morgan fingerprint density at radius 2 is 1.96 bits per heavy atom. The molecule has 4 saturated heterocycles. The van der Waals surface area contributed by atoms with E-state index in [1.54, 1.807) is 14.7 Å². The first kappa shape index (κ1) is 18.5. The van der Waals surface area contributed by atoms with Crippen molar-refractivity contribution in [3.05, 3.63) is 17.5 Å². The number of nitrogens with zero attached hydrogens (tertiary/aromatic N) is 3. The summed E-state index contributed by atoms with van der Waals surface area (Å²) in [6.07, 6.45) is 4.45. The lowest BCUT2D eigenvalue weighted by Gasteiger charge is -2.49. The third-order valence-corrected chi connectivity index (χ3v) is 8.49. The van der Waals surface area contributed by atoms with Gasteiger partial charge in [-0.05, 0) is 39.0 Å². The second kappa shape index (κ2) is 6.79. The van der Waals surface area contributed by atoms with Gasteiger partial charge in [0.25, 0.3) is 16.1 Å². The molecule has 4 aliphatic heterocycles. The van der Waals surface area contributed by atoms with Gasteiger partial charge in [-0.1, -0.05) is 5.16 Å². The van der Waals surface area contributed by atoms with Crippen LogP contribution in [0.15, 0.2) is 10.6 Å². The first-order valence-corrected chi connectivity index (χ1v) is 11.6. The summed E-state index contributed by atoms with van der Waals surface area (Å²) >= 11 is 0. The lowest BCUT2D eigenvalue weighted by Crippen LogP contribution is -2.69. The molecular formula is C18H27N5O4S. The van der Waals surface area contributed by atoms with E-state index >= 15 is 0 Å². The zero-order chi connectivity index (χ0) is 19.5. The van der Waals surface area contributed by atoms with Gasteiger partial charge in [0.05, 0.1) is 0 Å². The molecular weight excluding hydrogens is 382 g/mol. The van der Waals surface area contributed by atoms with Gasteiger partial charge in [0.2, 0.25) is 0 Å². The Bertz CT molecular complexity index is 851.